The molecule has 1 aliphatic rings. The molecule has 1 fully saturated rings. The molecule has 0 atom stereocenters. The highest BCUT2D eigenvalue weighted by Gasteiger charge is 2.36. The fourth-order valence-electron chi connectivity index (χ4n) is 3.99. The third-order valence-corrected chi connectivity index (χ3v) is 5.35. The molecule has 0 unspecified atom stereocenters. The van der Waals surface area contributed by atoms with E-state index in [9.17, 15) is 0 Å². The third kappa shape index (κ3) is 2.73. The van der Waals surface area contributed by atoms with Gasteiger partial charge in [0.1, 0.15) is 11.3 Å². The van der Waals surface area contributed by atoms with Crippen LogP contribution in [0.3, 0.4) is 0 Å². The van der Waals surface area contributed by atoms with Crippen molar-refractivity contribution in [3.63, 3.8) is 0 Å². The van der Waals surface area contributed by atoms with Gasteiger partial charge in [-0.15, -0.1) is 0 Å². The molecular formula is C24H21NO. The van der Waals surface area contributed by atoms with E-state index >= 15 is 0 Å². The van der Waals surface area contributed by atoms with Crippen molar-refractivity contribution >= 4 is 11.0 Å². The number of hydrogen-bond acceptors (Lipinski definition) is 2. The fourth-order valence-corrected chi connectivity index (χ4v) is 3.99. The second-order valence-corrected chi connectivity index (χ2v) is 7.06. The summed E-state index contributed by atoms with van der Waals surface area (Å²) in [7, 11) is 0. The summed E-state index contributed by atoms with van der Waals surface area (Å²) in [6, 6.07) is 32.4. The van der Waals surface area contributed by atoms with Crippen LogP contribution in [0.1, 0.15) is 28.8 Å². The summed E-state index contributed by atoms with van der Waals surface area (Å²) >= 11 is 0. The summed E-state index contributed by atoms with van der Waals surface area (Å²) in [6.07, 6.45) is 0. The van der Waals surface area contributed by atoms with Crippen molar-refractivity contribution in [3.05, 3.63) is 108 Å². The van der Waals surface area contributed by atoms with E-state index in [0.29, 0.717) is 12.0 Å². The van der Waals surface area contributed by atoms with Gasteiger partial charge in [-0.3, -0.25) is 4.90 Å². The van der Waals surface area contributed by atoms with Crippen molar-refractivity contribution in [2.45, 2.75) is 12.0 Å². The van der Waals surface area contributed by atoms with Crippen LogP contribution >= 0.6 is 0 Å². The molecule has 0 N–H and O–H groups in total. The number of fused-ring (bicyclic) bond motifs is 1. The average molecular weight is 339 g/mol. The molecule has 26 heavy (non-hydrogen) atoms. The van der Waals surface area contributed by atoms with Crippen molar-refractivity contribution in [1.29, 1.82) is 0 Å². The topological polar surface area (TPSA) is 16.4 Å². The molecule has 1 saturated heterocycles. The predicted molar refractivity (Wildman–Crippen MR) is 105 cm³/mol. The van der Waals surface area contributed by atoms with Crippen molar-refractivity contribution in [2.75, 3.05) is 13.1 Å². The van der Waals surface area contributed by atoms with Crippen LogP contribution in [0.15, 0.2) is 95.4 Å². The summed E-state index contributed by atoms with van der Waals surface area (Å²) in [4.78, 5) is 2.54. The van der Waals surface area contributed by atoms with E-state index in [1.807, 2.05) is 12.1 Å². The number of para-hydroxylation sites is 1. The highest BCUT2D eigenvalue weighted by atomic mass is 16.3. The first-order valence-corrected chi connectivity index (χ1v) is 9.21. The quantitative estimate of drug-likeness (QED) is 0.480. The maximum atomic E-state index is 6.08. The molecule has 3 aromatic carbocycles. The Morgan fingerprint density at radius 1 is 0.731 bits per heavy atom. The summed E-state index contributed by atoms with van der Waals surface area (Å²) in [5.41, 5.74) is 3.69. The third-order valence-electron chi connectivity index (χ3n) is 5.35. The molecule has 0 aliphatic carbocycles. The Morgan fingerprint density at radius 2 is 1.31 bits per heavy atom. The number of hydrogen-bond donors (Lipinski definition) is 0. The molecule has 2 nitrogen and oxygen atoms in total. The highest BCUT2D eigenvalue weighted by molar-refractivity contribution is 5.77. The smallest absolute Gasteiger partial charge is 0.134 e. The molecule has 2 heterocycles. The van der Waals surface area contributed by atoms with Crippen LogP contribution in [0.2, 0.25) is 0 Å². The first kappa shape index (κ1) is 15.4. The van der Waals surface area contributed by atoms with Crippen molar-refractivity contribution in [2.24, 2.45) is 0 Å². The van der Waals surface area contributed by atoms with Crippen LogP contribution in [0, 0.1) is 0 Å². The highest BCUT2D eigenvalue weighted by Crippen LogP contribution is 2.39. The van der Waals surface area contributed by atoms with Crippen molar-refractivity contribution < 1.29 is 4.42 Å². The van der Waals surface area contributed by atoms with Crippen LogP contribution < -0.4 is 0 Å². The average Bonchev–Trinajstić information content (AvgIpc) is 3.09. The van der Waals surface area contributed by atoms with Gasteiger partial charge in [0.25, 0.3) is 0 Å². The molecule has 2 heteroatoms. The van der Waals surface area contributed by atoms with Crippen LogP contribution in [0.4, 0.5) is 0 Å². The monoisotopic (exact) mass is 339 g/mol. The minimum atomic E-state index is 0.304. The first-order valence-electron chi connectivity index (χ1n) is 9.21. The minimum absolute atomic E-state index is 0.304. The Kier molecular flexibility index (Phi) is 3.84. The lowest BCUT2D eigenvalue weighted by Gasteiger charge is -2.44. The minimum Gasteiger partial charge on any atom is -0.461 e. The standard InChI is InChI=1S/C24H21NO/c1-3-9-18(10-4-1)24(19-11-5-2-6-12-19)25-16-21(17-25)23-15-20-13-7-8-14-22(20)26-23/h1-15,21,24H,16-17H2. The SMILES string of the molecule is c1ccc(C(c2ccccc2)N2CC(c3cc4ccccc4o3)C2)cc1. The predicted octanol–water partition coefficient (Wildman–Crippen LogP) is 5.62. The van der Waals surface area contributed by atoms with Gasteiger partial charge in [0.15, 0.2) is 0 Å². The lowest BCUT2D eigenvalue weighted by Crippen LogP contribution is -2.47. The van der Waals surface area contributed by atoms with Gasteiger partial charge in [0.2, 0.25) is 0 Å². The zero-order chi connectivity index (χ0) is 17.3. The molecule has 0 bridgehead atoms. The van der Waals surface area contributed by atoms with Gasteiger partial charge < -0.3 is 4.42 Å². The van der Waals surface area contributed by atoms with Crippen molar-refractivity contribution in [1.82, 2.24) is 4.90 Å². The molecule has 4 aromatic rings. The van der Waals surface area contributed by atoms with Gasteiger partial charge in [0, 0.05) is 24.4 Å². The van der Waals surface area contributed by atoms with Gasteiger partial charge in [-0.25, -0.2) is 0 Å². The number of likely N-dealkylation sites (tertiary alicyclic amines) is 1. The second kappa shape index (κ2) is 6.47. The molecule has 1 aromatic heterocycles. The molecular weight excluding hydrogens is 318 g/mol. The lowest BCUT2D eigenvalue weighted by molar-refractivity contribution is 0.100. The maximum absolute atomic E-state index is 6.08. The number of rotatable bonds is 4. The Morgan fingerprint density at radius 3 is 1.92 bits per heavy atom. The Balaban J connectivity index is 1.41. The van der Waals surface area contributed by atoms with E-state index < -0.39 is 0 Å². The van der Waals surface area contributed by atoms with E-state index in [2.05, 4.69) is 83.8 Å². The molecule has 5 rings (SSSR count). The Bertz CT molecular complexity index is 928. The number of benzene rings is 3. The summed E-state index contributed by atoms with van der Waals surface area (Å²) in [6.45, 7) is 2.04. The maximum Gasteiger partial charge on any atom is 0.134 e. The molecule has 1 aliphatic heterocycles. The van der Waals surface area contributed by atoms with E-state index in [4.69, 9.17) is 4.42 Å². The van der Waals surface area contributed by atoms with Gasteiger partial charge >= 0.3 is 0 Å². The number of furan rings is 1. The van der Waals surface area contributed by atoms with Crippen LogP contribution in [-0.4, -0.2) is 18.0 Å². The molecule has 128 valence electrons. The van der Waals surface area contributed by atoms with E-state index in [0.717, 1.165) is 24.4 Å². The Hall–Kier alpha value is -2.84. The van der Waals surface area contributed by atoms with Crippen LogP contribution in [0.25, 0.3) is 11.0 Å². The van der Waals surface area contributed by atoms with Crippen molar-refractivity contribution in [3.8, 4) is 0 Å². The number of nitrogens with zero attached hydrogens (tertiary/aromatic N) is 1. The molecule has 0 saturated carbocycles. The molecule has 0 amide bonds. The van der Waals surface area contributed by atoms with E-state index in [-0.39, 0.29) is 0 Å². The molecule has 0 spiro atoms. The normalized spacial score (nSPS) is 15.4. The zero-order valence-electron chi connectivity index (χ0n) is 14.6. The van der Waals surface area contributed by atoms with E-state index in [1.165, 1.54) is 16.5 Å². The van der Waals surface area contributed by atoms with Gasteiger partial charge in [-0.2, -0.15) is 0 Å². The lowest BCUT2D eigenvalue weighted by atomic mass is 9.89. The first-order chi connectivity index (χ1) is 12.9. The van der Waals surface area contributed by atoms with Gasteiger partial charge in [0.05, 0.1) is 6.04 Å². The summed E-state index contributed by atoms with van der Waals surface area (Å²) in [5, 5.41) is 1.20. The second-order valence-electron chi connectivity index (χ2n) is 7.06. The van der Waals surface area contributed by atoms with E-state index in [1.54, 1.807) is 0 Å². The Labute approximate surface area is 153 Å². The largest absolute Gasteiger partial charge is 0.461 e. The summed E-state index contributed by atoms with van der Waals surface area (Å²) < 4.78 is 6.08. The van der Waals surface area contributed by atoms with Gasteiger partial charge in [-0.05, 0) is 23.3 Å². The van der Waals surface area contributed by atoms with Crippen LogP contribution in [-0.2, 0) is 0 Å². The molecule has 0 radical (unpaired) electrons. The van der Waals surface area contributed by atoms with Crippen LogP contribution in [0.5, 0.6) is 0 Å². The van der Waals surface area contributed by atoms with Gasteiger partial charge in [-0.1, -0.05) is 78.9 Å². The fraction of sp³-hybridized carbons (Fsp3) is 0.167. The zero-order valence-corrected chi connectivity index (χ0v) is 14.6. The summed E-state index contributed by atoms with van der Waals surface area (Å²) in [5.74, 6) is 1.58.